The third kappa shape index (κ3) is 4.96. The minimum atomic E-state index is 1.09. The lowest BCUT2D eigenvalue weighted by molar-refractivity contribution is 1.26. The van der Waals surface area contributed by atoms with Gasteiger partial charge in [-0.25, -0.2) is 0 Å². The van der Waals surface area contributed by atoms with Crippen molar-refractivity contribution in [2.45, 2.75) is 0 Å². The highest BCUT2D eigenvalue weighted by Crippen LogP contribution is 2.53. The maximum absolute atomic E-state index is 2.44. The number of hydrogen-bond acceptors (Lipinski definition) is 2. The van der Waals surface area contributed by atoms with Crippen molar-refractivity contribution in [2.75, 3.05) is 9.80 Å². The highest BCUT2D eigenvalue weighted by Gasteiger charge is 2.27. The van der Waals surface area contributed by atoms with E-state index in [9.17, 15) is 0 Å². The van der Waals surface area contributed by atoms with E-state index in [1.807, 2.05) is 0 Å². The summed E-state index contributed by atoms with van der Waals surface area (Å²) in [4.78, 5) is 4.83. The van der Waals surface area contributed by atoms with Gasteiger partial charge in [0.1, 0.15) is 0 Å². The summed E-state index contributed by atoms with van der Waals surface area (Å²) in [5.41, 5.74) is 14.2. The Morgan fingerprint density at radius 1 is 0.346 bits per heavy atom. The fourth-order valence-electron chi connectivity index (χ4n) is 8.00. The molecule has 0 saturated carbocycles. The first kappa shape index (κ1) is 30.0. The van der Waals surface area contributed by atoms with Crippen molar-refractivity contribution in [1.29, 1.82) is 0 Å². The van der Waals surface area contributed by atoms with Gasteiger partial charge in [0.2, 0.25) is 0 Å². The van der Waals surface area contributed by atoms with E-state index in [1.165, 1.54) is 66.3 Å². The lowest BCUT2D eigenvalue weighted by atomic mass is 9.87. The Kier molecular flexibility index (Phi) is 7.18. The SMILES string of the molecule is c1ccc(-c2ccc(N(c3ccc(N4c5ccc6ccccc6c5-c5cccc6cccc4c56)cc3)c3ccccc3-c3ccccc3)cc2)cc1. The van der Waals surface area contributed by atoms with Gasteiger partial charge in [0.15, 0.2) is 0 Å². The number of nitrogens with zero attached hydrogens (tertiary/aromatic N) is 2. The lowest BCUT2D eigenvalue weighted by Gasteiger charge is -2.34. The molecule has 0 amide bonds. The minimum Gasteiger partial charge on any atom is -0.310 e. The molecule has 0 N–H and O–H groups in total. The van der Waals surface area contributed by atoms with Crippen molar-refractivity contribution in [3.63, 3.8) is 0 Å². The third-order valence-corrected chi connectivity index (χ3v) is 10.4. The first-order valence-electron chi connectivity index (χ1n) is 17.9. The van der Waals surface area contributed by atoms with E-state index in [1.54, 1.807) is 0 Å². The van der Waals surface area contributed by atoms with Gasteiger partial charge in [0, 0.05) is 33.6 Å². The minimum absolute atomic E-state index is 1.09. The Balaban J connectivity index is 1.14. The van der Waals surface area contributed by atoms with E-state index in [4.69, 9.17) is 0 Å². The summed E-state index contributed by atoms with van der Waals surface area (Å²) in [6, 6.07) is 74.6. The van der Waals surface area contributed by atoms with Crippen LogP contribution < -0.4 is 9.80 Å². The van der Waals surface area contributed by atoms with E-state index < -0.39 is 0 Å². The van der Waals surface area contributed by atoms with Crippen LogP contribution in [0.1, 0.15) is 0 Å². The molecule has 9 aromatic carbocycles. The molecule has 0 unspecified atom stereocenters. The summed E-state index contributed by atoms with van der Waals surface area (Å²) in [6.07, 6.45) is 0. The topological polar surface area (TPSA) is 6.48 Å². The highest BCUT2D eigenvalue weighted by molar-refractivity contribution is 6.19. The van der Waals surface area contributed by atoms with E-state index >= 15 is 0 Å². The number of fused-ring (bicyclic) bond motifs is 4. The van der Waals surface area contributed by atoms with E-state index in [2.05, 4.69) is 216 Å². The average molecular weight is 663 g/mol. The van der Waals surface area contributed by atoms with Crippen LogP contribution in [0.15, 0.2) is 206 Å². The summed E-state index contributed by atoms with van der Waals surface area (Å²) in [5, 5.41) is 5.05. The molecule has 0 spiro atoms. The van der Waals surface area contributed by atoms with Gasteiger partial charge in [0.25, 0.3) is 0 Å². The fraction of sp³-hybridized carbons (Fsp3) is 0. The lowest BCUT2D eigenvalue weighted by Crippen LogP contribution is -2.16. The molecule has 52 heavy (non-hydrogen) atoms. The third-order valence-electron chi connectivity index (χ3n) is 10.4. The summed E-state index contributed by atoms with van der Waals surface area (Å²) in [5.74, 6) is 0. The van der Waals surface area contributed by atoms with Gasteiger partial charge in [-0.3, -0.25) is 0 Å². The predicted octanol–water partition coefficient (Wildman–Crippen LogP) is 14.2. The van der Waals surface area contributed by atoms with Gasteiger partial charge >= 0.3 is 0 Å². The molecule has 0 radical (unpaired) electrons. The van der Waals surface area contributed by atoms with Gasteiger partial charge in [0.05, 0.1) is 17.1 Å². The fourth-order valence-corrected chi connectivity index (χ4v) is 8.00. The van der Waals surface area contributed by atoms with Crippen LogP contribution in [0.25, 0.3) is 54.9 Å². The predicted molar refractivity (Wildman–Crippen MR) is 221 cm³/mol. The van der Waals surface area contributed by atoms with E-state index in [0.29, 0.717) is 0 Å². The van der Waals surface area contributed by atoms with E-state index in [-0.39, 0.29) is 0 Å². The zero-order valence-electron chi connectivity index (χ0n) is 28.5. The number of hydrogen-bond donors (Lipinski definition) is 0. The number of anilines is 6. The summed E-state index contributed by atoms with van der Waals surface area (Å²) >= 11 is 0. The standard InChI is InChI=1S/C50H34N2/c1-3-13-35(14-4-1)36-25-28-40(29-26-36)51(46-23-10-9-20-43(46)37-15-5-2-6-16-37)41-30-32-42(33-31-41)52-47-24-12-19-39-18-11-22-45(49(39)47)50-44-21-8-7-17-38(44)27-34-48(50)52/h1-34H. The van der Waals surface area contributed by atoms with Crippen molar-refractivity contribution in [2.24, 2.45) is 0 Å². The zero-order valence-corrected chi connectivity index (χ0v) is 28.5. The zero-order chi connectivity index (χ0) is 34.4. The van der Waals surface area contributed by atoms with E-state index in [0.717, 1.165) is 22.7 Å². The number of benzene rings is 9. The molecule has 2 heteroatoms. The Morgan fingerprint density at radius 2 is 0.923 bits per heavy atom. The Bertz CT molecular complexity index is 2710. The largest absolute Gasteiger partial charge is 0.310 e. The van der Waals surface area contributed by atoms with Crippen LogP contribution in [0.3, 0.4) is 0 Å². The van der Waals surface area contributed by atoms with Gasteiger partial charge < -0.3 is 9.80 Å². The molecule has 1 aliphatic rings. The molecule has 1 aliphatic heterocycles. The summed E-state index contributed by atoms with van der Waals surface area (Å²) < 4.78 is 0. The molecule has 2 nitrogen and oxygen atoms in total. The maximum Gasteiger partial charge on any atom is 0.0547 e. The van der Waals surface area contributed by atoms with Crippen molar-refractivity contribution in [3.8, 4) is 33.4 Å². The Hall–Kier alpha value is -6.90. The highest BCUT2D eigenvalue weighted by atomic mass is 15.2. The van der Waals surface area contributed by atoms with Gasteiger partial charge in [-0.15, -0.1) is 0 Å². The van der Waals surface area contributed by atoms with Crippen LogP contribution in [0.5, 0.6) is 0 Å². The van der Waals surface area contributed by atoms with Gasteiger partial charge in [-0.05, 0) is 93.0 Å². The molecule has 244 valence electrons. The maximum atomic E-state index is 2.44. The Labute approximate surface area is 304 Å². The smallest absolute Gasteiger partial charge is 0.0547 e. The normalized spacial score (nSPS) is 11.8. The van der Waals surface area contributed by atoms with Crippen LogP contribution in [-0.4, -0.2) is 0 Å². The van der Waals surface area contributed by atoms with Crippen LogP contribution >= 0.6 is 0 Å². The molecular formula is C50H34N2. The molecule has 0 aromatic heterocycles. The molecule has 0 aliphatic carbocycles. The van der Waals surface area contributed by atoms with Crippen molar-refractivity contribution in [1.82, 2.24) is 0 Å². The molecule has 0 bridgehead atoms. The Morgan fingerprint density at radius 3 is 1.69 bits per heavy atom. The van der Waals surface area contributed by atoms with Crippen molar-refractivity contribution < 1.29 is 0 Å². The van der Waals surface area contributed by atoms with Gasteiger partial charge in [-0.2, -0.15) is 0 Å². The summed E-state index contributed by atoms with van der Waals surface area (Å²) in [6.45, 7) is 0. The van der Waals surface area contributed by atoms with Crippen LogP contribution in [-0.2, 0) is 0 Å². The van der Waals surface area contributed by atoms with Crippen LogP contribution in [0, 0.1) is 0 Å². The van der Waals surface area contributed by atoms with Crippen LogP contribution in [0.2, 0.25) is 0 Å². The summed E-state index contributed by atoms with van der Waals surface area (Å²) in [7, 11) is 0. The van der Waals surface area contributed by atoms with Crippen molar-refractivity contribution in [3.05, 3.63) is 206 Å². The van der Waals surface area contributed by atoms with Crippen LogP contribution in [0.4, 0.5) is 34.1 Å². The molecule has 0 fully saturated rings. The monoisotopic (exact) mass is 662 g/mol. The molecule has 9 aromatic rings. The molecule has 1 heterocycles. The molecular weight excluding hydrogens is 629 g/mol. The first-order chi connectivity index (χ1) is 25.8. The molecule has 10 rings (SSSR count). The molecule has 0 saturated heterocycles. The number of para-hydroxylation sites is 1. The van der Waals surface area contributed by atoms with Crippen molar-refractivity contribution >= 4 is 55.7 Å². The average Bonchev–Trinajstić information content (AvgIpc) is 3.22. The van der Waals surface area contributed by atoms with Gasteiger partial charge in [-0.1, -0.05) is 152 Å². The first-order valence-corrected chi connectivity index (χ1v) is 17.9. The second-order valence-electron chi connectivity index (χ2n) is 13.3. The number of rotatable bonds is 6. The second-order valence-corrected chi connectivity index (χ2v) is 13.3. The quantitative estimate of drug-likeness (QED) is 0.175. The molecule has 0 atom stereocenters. The second kappa shape index (κ2) is 12.5.